The maximum absolute atomic E-state index is 12.9. The summed E-state index contributed by atoms with van der Waals surface area (Å²) in [4.78, 5) is 14.7. The molecule has 1 amide bonds. The van der Waals surface area contributed by atoms with Gasteiger partial charge < -0.3 is 19.1 Å². The molecule has 0 saturated heterocycles. The SMILES string of the molecule is COc1cc(OC)cc(C(=O)N2CCc3cc(OC)ccc3C2)c1. The molecule has 5 nitrogen and oxygen atoms in total. The zero-order chi connectivity index (χ0) is 17.1. The van der Waals surface area contributed by atoms with Gasteiger partial charge in [-0.05, 0) is 41.8 Å². The Labute approximate surface area is 141 Å². The van der Waals surface area contributed by atoms with E-state index in [1.165, 1.54) is 5.56 Å². The van der Waals surface area contributed by atoms with Gasteiger partial charge in [-0.3, -0.25) is 4.79 Å². The molecular weight excluding hydrogens is 306 g/mol. The highest BCUT2D eigenvalue weighted by molar-refractivity contribution is 5.95. The lowest BCUT2D eigenvalue weighted by molar-refractivity contribution is 0.0734. The molecule has 0 saturated carbocycles. The molecule has 0 fully saturated rings. The maximum Gasteiger partial charge on any atom is 0.254 e. The number of ether oxygens (including phenoxy) is 3. The molecule has 24 heavy (non-hydrogen) atoms. The summed E-state index contributed by atoms with van der Waals surface area (Å²) in [5.74, 6) is 2.06. The number of methoxy groups -OCH3 is 3. The number of carbonyl (C=O) groups is 1. The van der Waals surface area contributed by atoms with Crippen LogP contribution in [0.5, 0.6) is 17.2 Å². The highest BCUT2D eigenvalue weighted by Crippen LogP contribution is 2.27. The Morgan fingerprint density at radius 2 is 1.54 bits per heavy atom. The molecule has 3 rings (SSSR count). The van der Waals surface area contributed by atoms with Gasteiger partial charge in [0.15, 0.2) is 0 Å². The van der Waals surface area contributed by atoms with Crippen LogP contribution in [0.3, 0.4) is 0 Å². The molecule has 126 valence electrons. The zero-order valence-electron chi connectivity index (χ0n) is 14.2. The van der Waals surface area contributed by atoms with Crippen molar-refractivity contribution >= 4 is 5.91 Å². The lowest BCUT2D eigenvalue weighted by atomic mass is 9.98. The summed E-state index contributed by atoms with van der Waals surface area (Å²) in [6.45, 7) is 1.27. The number of rotatable bonds is 4. The van der Waals surface area contributed by atoms with Gasteiger partial charge in [0, 0.05) is 24.7 Å². The monoisotopic (exact) mass is 327 g/mol. The molecular formula is C19H21NO4. The largest absolute Gasteiger partial charge is 0.497 e. The van der Waals surface area contributed by atoms with E-state index in [1.807, 2.05) is 23.1 Å². The van der Waals surface area contributed by atoms with Crippen LogP contribution in [0.25, 0.3) is 0 Å². The van der Waals surface area contributed by atoms with Gasteiger partial charge in [-0.15, -0.1) is 0 Å². The molecule has 2 aromatic rings. The molecule has 0 aliphatic carbocycles. The van der Waals surface area contributed by atoms with Crippen molar-refractivity contribution in [1.82, 2.24) is 4.90 Å². The lowest BCUT2D eigenvalue weighted by Crippen LogP contribution is -2.36. The van der Waals surface area contributed by atoms with Gasteiger partial charge in [-0.25, -0.2) is 0 Å². The number of benzene rings is 2. The predicted molar refractivity (Wildman–Crippen MR) is 91.0 cm³/mol. The van der Waals surface area contributed by atoms with Crippen LogP contribution in [-0.2, 0) is 13.0 Å². The van der Waals surface area contributed by atoms with Crippen LogP contribution in [0.4, 0.5) is 0 Å². The molecule has 0 aromatic heterocycles. The fraction of sp³-hybridized carbons (Fsp3) is 0.316. The van der Waals surface area contributed by atoms with E-state index < -0.39 is 0 Å². The van der Waals surface area contributed by atoms with Crippen LogP contribution < -0.4 is 14.2 Å². The highest BCUT2D eigenvalue weighted by atomic mass is 16.5. The number of hydrogen-bond acceptors (Lipinski definition) is 4. The number of nitrogens with zero attached hydrogens (tertiary/aromatic N) is 1. The molecule has 0 atom stereocenters. The van der Waals surface area contributed by atoms with E-state index >= 15 is 0 Å². The molecule has 0 radical (unpaired) electrons. The first-order valence-corrected chi connectivity index (χ1v) is 7.82. The van der Waals surface area contributed by atoms with Crippen LogP contribution in [0.2, 0.25) is 0 Å². The lowest BCUT2D eigenvalue weighted by Gasteiger charge is -2.29. The van der Waals surface area contributed by atoms with Crippen molar-refractivity contribution in [2.75, 3.05) is 27.9 Å². The molecule has 0 bridgehead atoms. The van der Waals surface area contributed by atoms with E-state index in [1.54, 1.807) is 39.5 Å². The summed E-state index contributed by atoms with van der Waals surface area (Å²) in [5, 5.41) is 0. The Kier molecular flexibility index (Phi) is 4.60. The quantitative estimate of drug-likeness (QED) is 0.866. The fourth-order valence-corrected chi connectivity index (χ4v) is 2.94. The van der Waals surface area contributed by atoms with E-state index in [4.69, 9.17) is 14.2 Å². The average Bonchev–Trinajstić information content (AvgIpc) is 2.65. The first kappa shape index (κ1) is 16.2. The van der Waals surface area contributed by atoms with Gasteiger partial charge in [0.1, 0.15) is 17.2 Å². The number of amides is 1. The minimum absolute atomic E-state index is 0.0198. The van der Waals surface area contributed by atoms with Gasteiger partial charge in [0.05, 0.1) is 21.3 Å². The smallest absolute Gasteiger partial charge is 0.254 e. The molecule has 1 heterocycles. The molecule has 5 heteroatoms. The van der Waals surface area contributed by atoms with Gasteiger partial charge in [0.25, 0.3) is 5.91 Å². The van der Waals surface area contributed by atoms with Crippen molar-refractivity contribution in [2.45, 2.75) is 13.0 Å². The second-order valence-electron chi connectivity index (χ2n) is 5.71. The Morgan fingerprint density at radius 3 is 2.17 bits per heavy atom. The number of carbonyl (C=O) groups excluding carboxylic acids is 1. The second kappa shape index (κ2) is 6.83. The van der Waals surface area contributed by atoms with E-state index in [-0.39, 0.29) is 5.91 Å². The van der Waals surface area contributed by atoms with E-state index in [0.29, 0.717) is 30.2 Å². The number of fused-ring (bicyclic) bond motifs is 1. The Bertz CT molecular complexity index is 735. The normalized spacial score (nSPS) is 13.2. The molecule has 0 unspecified atom stereocenters. The number of hydrogen-bond donors (Lipinski definition) is 0. The van der Waals surface area contributed by atoms with Gasteiger partial charge in [0.2, 0.25) is 0 Å². The third-order valence-corrected chi connectivity index (χ3v) is 4.31. The van der Waals surface area contributed by atoms with Crippen LogP contribution in [0, 0.1) is 0 Å². The topological polar surface area (TPSA) is 48.0 Å². The van der Waals surface area contributed by atoms with Crippen LogP contribution in [0.15, 0.2) is 36.4 Å². The third-order valence-electron chi connectivity index (χ3n) is 4.31. The summed E-state index contributed by atoms with van der Waals surface area (Å²) in [5.41, 5.74) is 2.97. The minimum Gasteiger partial charge on any atom is -0.497 e. The van der Waals surface area contributed by atoms with Crippen LogP contribution in [0.1, 0.15) is 21.5 Å². The standard InChI is InChI=1S/C19H21NO4/c1-22-16-5-4-14-12-20(7-6-13(14)8-16)19(21)15-9-17(23-2)11-18(10-15)24-3/h4-5,8-11H,6-7,12H2,1-3H3. The summed E-state index contributed by atoms with van der Waals surface area (Å²) in [6, 6.07) is 11.3. The van der Waals surface area contributed by atoms with Gasteiger partial charge in [-0.1, -0.05) is 6.07 Å². The Morgan fingerprint density at radius 1 is 0.875 bits per heavy atom. The van der Waals surface area contributed by atoms with Crippen molar-refractivity contribution in [1.29, 1.82) is 0 Å². The van der Waals surface area contributed by atoms with Crippen molar-refractivity contribution in [3.8, 4) is 17.2 Å². The summed E-state index contributed by atoms with van der Waals surface area (Å²) < 4.78 is 15.8. The first-order chi connectivity index (χ1) is 11.6. The van der Waals surface area contributed by atoms with E-state index in [2.05, 4.69) is 0 Å². The molecule has 0 N–H and O–H groups in total. The predicted octanol–water partition coefficient (Wildman–Crippen LogP) is 2.91. The summed E-state index contributed by atoms with van der Waals surface area (Å²) in [7, 11) is 4.82. The maximum atomic E-state index is 12.9. The highest BCUT2D eigenvalue weighted by Gasteiger charge is 2.23. The van der Waals surface area contributed by atoms with E-state index in [0.717, 1.165) is 17.7 Å². The molecule has 1 aliphatic rings. The van der Waals surface area contributed by atoms with Crippen LogP contribution >= 0.6 is 0 Å². The molecule has 0 spiro atoms. The van der Waals surface area contributed by atoms with E-state index in [9.17, 15) is 4.79 Å². The Balaban J connectivity index is 1.83. The van der Waals surface area contributed by atoms with Gasteiger partial charge >= 0.3 is 0 Å². The van der Waals surface area contributed by atoms with Crippen LogP contribution in [-0.4, -0.2) is 38.7 Å². The summed E-state index contributed by atoms with van der Waals surface area (Å²) >= 11 is 0. The van der Waals surface area contributed by atoms with Crippen molar-refractivity contribution < 1.29 is 19.0 Å². The average molecular weight is 327 g/mol. The molecule has 2 aromatic carbocycles. The Hall–Kier alpha value is -2.69. The van der Waals surface area contributed by atoms with Crippen molar-refractivity contribution in [3.05, 3.63) is 53.1 Å². The van der Waals surface area contributed by atoms with Gasteiger partial charge in [-0.2, -0.15) is 0 Å². The molecule has 1 aliphatic heterocycles. The zero-order valence-corrected chi connectivity index (χ0v) is 14.2. The third kappa shape index (κ3) is 3.15. The summed E-state index contributed by atoms with van der Waals surface area (Å²) in [6.07, 6.45) is 0.819. The fourth-order valence-electron chi connectivity index (χ4n) is 2.94. The second-order valence-corrected chi connectivity index (χ2v) is 5.71. The van der Waals surface area contributed by atoms with Crippen molar-refractivity contribution in [3.63, 3.8) is 0 Å². The minimum atomic E-state index is -0.0198. The first-order valence-electron chi connectivity index (χ1n) is 7.82. The van der Waals surface area contributed by atoms with Crippen molar-refractivity contribution in [2.24, 2.45) is 0 Å².